The Morgan fingerprint density at radius 2 is 1.56 bits per heavy atom. The molecule has 1 nitrogen and oxygen atoms in total. The fourth-order valence-electron chi connectivity index (χ4n) is 2.10. The highest BCUT2D eigenvalue weighted by molar-refractivity contribution is 5.23. The molecule has 0 saturated heterocycles. The Bertz CT molecular complexity index is 345. The molecule has 0 radical (unpaired) electrons. The molecule has 2 N–H and O–H groups in total. The zero-order valence-electron chi connectivity index (χ0n) is 12.7. The zero-order chi connectivity index (χ0) is 13.8. The minimum absolute atomic E-state index is 0.270. The summed E-state index contributed by atoms with van der Waals surface area (Å²) in [6.45, 7) is 11.4. The molecule has 1 rings (SSSR count). The third kappa shape index (κ3) is 4.81. The molecule has 0 fully saturated rings. The van der Waals surface area contributed by atoms with E-state index in [1.54, 1.807) is 0 Å². The highest BCUT2D eigenvalue weighted by atomic mass is 14.6. The van der Waals surface area contributed by atoms with E-state index < -0.39 is 0 Å². The van der Waals surface area contributed by atoms with Gasteiger partial charge in [-0.2, -0.15) is 0 Å². The van der Waals surface area contributed by atoms with Crippen LogP contribution in [0.2, 0.25) is 0 Å². The second-order valence-corrected chi connectivity index (χ2v) is 6.64. The topological polar surface area (TPSA) is 26.0 Å². The van der Waals surface area contributed by atoms with Crippen LogP contribution in [0.4, 0.5) is 0 Å². The number of benzene rings is 1. The Balaban J connectivity index is 2.51. The van der Waals surface area contributed by atoms with E-state index in [0.29, 0.717) is 11.3 Å². The van der Waals surface area contributed by atoms with E-state index in [1.807, 2.05) is 0 Å². The van der Waals surface area contributed by atoms with Crippen molar-refractivity contribution in [1.29, 1.82) is 0 Å². The van der Waals surface area contributed by atoms with Crippen LogP contribution < -0.4 is 5.73 Å². The summed E-state index contributed by atoms with van der Waals surface area (Å²) in [6.07, 6.45) is 3.19. The van der Waals surface area contributed by atoms with Crippen LogP contribution in [-0.4, -0.2) is 6.04 Å². The minimum Gasteiger partial charge on any atom is -0.327 e. The molecule has 0 spiro atoms. The Labute approximate surface area is 113 Å². The van der Waals surface area contributed by atoms with E-state index in [-0.39, 0.29) is 6.04 Å². The minimum atomic E-state index is 0.270. The predicted molar refractivity (Wildman–Crippen MR) is 80.7 cm³/mol. The van der Waals surface area contributed by atoms with Gasteiger partial charge in [0.05, 0.1) is 0 Å². The maximum absolute atomic E-state index is 6.27. The average Bonchev–Trinajstić information content (AvgIpc) is 2.28. The molecule has 0 aliphatic heterocycles. The van der Waals surface area contributed by atoms with Gasteiger partial charge < -0.3 is 5.73 Å². The normalized spacial score (nSPS) is 15.4. The van der Waals surface area contributed by atoms with Gasteiger partial charge in [-0.25, -0.2) is 0 Å². The molecule has 0 heterocycles. The van der Waals surface area contributed by atoms with Crippen LogP contribution in [0.3, 0.4) is 0 Å². The molecule has 1 aromatic rings. The number of nitrogens with two attached hydrogens (primary N) is 1. The predicted octanol–water partition coefficient (Wildman–Crippen LogP) is 4.19. The van der Waals surface area contributed by atoms with E-state index in [0.717, 1.165) is 19.3 Å². The quantitative estimate of drug-likeness (QED) is 0.829. The van der Waals surface area contributed by atoms with Crippen molar-refractivity contribution in [3.63, 3.8) is 0 Å². The fraction of sp³-hybridized carbons (Fsp3) is 0.647. The van der Waals surface area contributed by atoms with E-state index in [1.165, 1.54) is 11.1 Å². The number of hydrogen-bond acceptors (Lipinski definition) is 1. The van der Waals surface area contributed by atoms with Crippen molar-refractivity contribution in [2.24, 2.45) is 17.1 Å². The van der Waals surface area contributed by atoms with Crippen molar-refractivity contribution in [2.45, 2.75) is 59.9 Å². The molecule has 0 saturated carbocycles. The third-order valence-electron chi connectivity index (χ3n) is 4.06. The fourth-order valence-corrected chi connectivity index (χ4v) is 2.10. The van der Waals surface area contributed by atoms with E-state index in [9.17, 15) is 0 Å². The van der Waals surface area contributed by atoms with Gasteiger partial charge in [0.25, 0.3) is 0 Å². The van der Waals surface area contributed by atoms with E-state index in [4.69, 9.17) is 5.73 Å². The summed E-state index contributed by atoms with van der Waals surface area (Å²) in [6, 6.07) is 9.15. The summed E-state index contributed by atoms with van der Waals surface area (Å²) in [7, 11) is 0. The molecule has 2 unspecified atom stereocenters. The van der Waals surface area contributed by atoms with E-state index >= 15 is 0 Å². The lowest BCUT2D eigenvalue weighted by atomic mass is 9.78. The van der Waals surface area contributed by atoms with Crippen LogP contribution in [0.1, 0.15) is 52.2 Å². The molecule has 0 aliphatic rings. The molecule has 1 heteroatoms. The molecule has 0 aromatic heterocycles. The molecule has 18 heavy (non-hydrogen) atoms. The van der Waals surface area contributed by atoms with Crippen LogP contribution >= 0.6 is 0 Å². The summed E-state index contributed by atoms with van der Waals surface area (Å²) in [4.78, 5) is 0. The molecule has 1 aromatic carbocycles. The van der Waals surface area contributed by atoms with Gasteiger partial charge in [0.2, 0.25) is 0 Å². The standard InChI is InChI=1S/C17H29N/c1-6-14-7-9-15(10-8-14)12-16(18)11-13(2)17(3,4)5/h7-10,13,16H,6,11-12,18H2,1-5H3. The Morgan fingerprint density at radius 1 is 1.06 bits per heavy atom. The first-order valence-corrected chi connectivity index (χ1v) is 7.16. The monoisotopic (exact) mass is 247 g/mol. The van der Waals surface area contributed by atoms with Gasteiger partial charge in [0, 0.05) is 6.04 Å². The second-order valence-electron chi connectivity index (χ2n) is 6.64. The molecule has 0 aliphatic carbocycles. The molecule has 2 atom stereocenters. The average molecular weight is 247 g/mol. The number of aryl methyl sites for hydroxylation is 1. The largest absolute Gasteiger partial charge is 0.327 e. The Morgan fingerprint density at radius 3 is 2.00 bits per heavy atom. The van der Waals surface area contributed by atoms with Gasteiger partial charge in [-0.1, -0.05) is 58.9 Å². The first-order chi connectivity index (χ1) is 8.32. The van der Waals surface area contributed by atoms with Crippen molar-refractivity contribution in [3.8, 4) is 0 Å². The van der Waals surface area contributed by atoms with Crippen LogP contribution in [0.25, 0.3) is 0 Å². The van der Waals surface area contributed by atoms with Crippen molar-refractivity contribution in [2.75, 3.05) is 0 Å². The molecular weight excluding hydrogens is 218 g/mol. The lowest BCUT2D eigenvalue weighted by Crippen LogP contribution is -2.30. The van der Waals surface area contributed by atoms with Crippen LogP contribution in [0, 0.1) is 11.3 Å². The zero-order valence-corrected chi connectivity index (χ0v) is 12.7. The van der Waals surface area contributed by atoms with E-state index in [2.05, 4.69) is 58.9 Å². The van der Waals surface area contributed by atoms with Crippen molar-refractivity contribution in [3.05, 3.63) is 35.4 Å². The molecular formula is C17H29N. The van der Waals surface area contributed by atoms with Gasteiger partial charge in [-0.3, -0.25) is 0 Å². The van der Waals surface area contributed by atoms with Crippen LogP contribution in [-0.2, 0) is 12.8 Å². The lowest BCUT2D eigenvalue weighted by molar-refractivity contribution is 0.233. The summed E-state index contributed by atoms with van der Waals surface area (Å²) in [5.74, 6) is 0.655. The highest BCUT2D eigenvalue weighted by Gasteiger charge is 2.22. The van der Waals surface area contributed by atoms with Crippen molar-refractivity contribution in [1.82, 2.24) is 0 Å². The number of rotatable bonds is 5. The summed E-state index contributed by atoms with van der Waals surface area (Å²) < 4.78 is 0. The first-order valence-electron chi connectivity index (χ1n) is 7.16. The smallest absolute Gasteiger partial charge is 0.00820 e. The lowest BCUT2D eigenvalue weighted by Gasteiger charge is -2.29. The van der Waals surface area contributed by atoms with Crippen molar-refractivity contribution >= 4 is 0 Å². The van der Waals surface area contributed by atoms with Crippen LogP contribution in [0.5, 0.6) is 0 Å². The highest BCUT2D eigenvalue weighted by Crippen LogP contribution is 2.29. The van der Waals surface area contributed by atoms with Crippen LogP contribution in [0.15, 0.2) is 24.3 Å². The maximum Gasteiger partial charge on any atom is 0.00820 e. The SMILES string of the molecule is CCc1ccc(CC(N)CC(C)C(C)(C)C)cc1. The van der Waals surface area contributed by atoms with Gasteiger partial charge in [-0.05, 0) is 41.7 Å². The summed E-state index contributed by atoms with van der Waals surface area (Å²) >= 11 is 0. The molecule has 102 valence electrons. The summed E-state index contributed by atoms with van der Waals surface area (Å²) in [5, 5.41) is 0. The van der Waals surface area contributed by atoms with Gasteiger partial charge in [0.15, 0.2) is 0 Å². The van der Waals surface area contributed by atoms with Gasteiger partial charge in [-0.15, -0.1) is 0 Å². The maximum atomic E-state index is 6.27. The third-order valence-corrected chi connectivity index (χ3v) is 4.06. The summed E-state index contributed by atoms with van der Waals surface area (Å²) in [5.41, 5.74) is 9.39. The first kappa shape index (κ1) is 15.2. The van der Waals surface area contributed by atoms with Gasteiger partial charge in [0.1, 0.15) is 0 Å². The number of hydrogen-bond donors (Lipinski definition) is 1. The van der Waals surface area contributed by atoms with Gasteiger partial charge >= 0.3 is 0 Å². The molecule has 0 amide bonds. The second kappa shape index (κ2) is 6.38. The Hall–Kier alpha value is -0.820. The van der Waals surface area contributed by atoms with Crippen molar-refractivity contribution < 1.29 is 0 Å². The Kier molecular flexibility index (Phi) is 5.40. The molecule has 0 bridgehead atoms.